The molecule has 2 aliphatic rings. The normalized spacial score (nSPS) is 27.2. The molecule has 5 nitrogen and oxygen atoms in total. The Morgan fingerprint density at radius 2 is 2.12 bits per heavy atom. The highest BCUT2D eigenvalue weighted by atomic mass is 16.5. The van der Waals surface area contributed by atoms with Gasteiger partial charge >= 0.3 is 0 Å². The highest BCUT2D eigenvalue weighted by Crippen LogP contribution is 2.44. The third kappa shape index (κ3) is 2.79. The topological polar surface area (TPSA) is 60.5 Å². The molecule has 2 fully saturated rings. The van der Waals surface area contributed by atoms with Crippen LogP contribution in [0.15, 0.2) is 18.2 Å². The first-order chi connectivity index (χ1) is 12.5. The molecule has 1 saturated heterocycles. The number of hydrogen-bond donors (Lipinski definition) is 1. The van der Waals surface area contributed by atoms with Gasteiger partial charge in [-0.15, -0.1) is 0 Å². The second-order valence-electron chi connectivity index (χ2n) is 7.69. The zero-order valence-electron chi connectivity index (χ0n) is 15.8. The fourth-order valence-corrected chi connectivity index (χ4v) is 4.73. The number of aryl methyl sites for hydroxylation is 3. The quantitative estimate of drug-likeness (QED) is 0.917. The average molecular weight is 354 g/mol. The van der Waals surface area contributed by atoms with Crippen LogP contribution in [0.3, 0.4) is 0 Å². The fourth-order valence-electron chi connectivity index (χ4n) is 4.73. The lowest BCUT2D eigenvalue weighted by molar-refractivity contribution is -0.0809. The second kappa shape index (κ2) is 6.63. The Morgan fingerprint density at radius 3 is 2.88 bits per heavy atom. The van der Waals surface area contributed by atoms with Gasteiger partial charge in [0.05, 0.1) is 23.8 Å². The summed E-state index contributed by atoms with van der Waals surface area (Å²) in [5.74, 6) is 0.606. The van der Waals surface area contributed by atoms with Crippen LogP contribution < -0.4 is 5.32 Å². The van der Waals surface area contributed by atoms with E-state index < -0.39 is 0 Å². The predicted molar refractivity (Wildman–Crippen MR) is 100 cm³/mol. The van der Waals surface area contributed by atoms with Crippen LogP contribution in [0, 0.1) is 32.6 Å². The lowest BCUT2D eigenvalue weighted by Gasteiger charge is -2.47. The van der Waals surface area contributed by atoms with Crippen molar-refractivity contribution in [2.75, 3.05) is 20.3 Å². The summed E-state index contributed by atoms with van der Waals surface area (Å²) in [6.45, 7) is 7.42. The molecule has 1 aliphatic carbocycles. The minimum absolute atomic E-state index is 0.0242. The maximum Gasteiger partial charge on any atom is 0.252 e. The number of nitrogens with zero attached hydrogens (tertiary/aromatic N) is 1. The van der Waals surface area contributed by atoms with Crippen LogP contribution in [0.1, 0.15) is 33.6 Å². The molecule has 138 valence electrons. The van der Waals surface area contributed by atoms with Gasteiger partial charge in [0.15, 0.2) is 0 Å². The van der Waals surface area contributed by atoms with Crippen molar-refractivity contribution in [1.82, 2.24) is 10.3 Å². The van der Waals surface area contributed by atoms with Gasteiger partial charge in [-0.3, -0.25) is 9.78 Å². The molecular weight excluding hydrogens is 328 g/mol. The number of aromatic nitrogens is 1. The van der Waals surface area contributed by atoms with Crippen LogP contribution in [-0.2, 0) is 9.47 Å². The third-order valence-corrected chi connectivity index (χ3v) is 5.81. The summed E-state index contributed by atoms with van der Waals surface area (Å²) in [7, 11) is 1.70. The number of methoxy groups -OCH3 is 1. The van der Waals surface area contributed by atoms with E-state index in [0.717, 1.165) is 40.8 Å². The summed E-state index contributed by atoms with van der Waals surface area (Å²) in [4.78, 5) is 17.8. The first kappa shape index (κ1) is 17.4. The Hall–Kier alpha value is -1.98. The molecule has 4 rings (SSSR count). The number of rotatable bonds is 4. The summed E-state index contributed by atoms with van der Waals surface area (Å²) in [5.41, 5.74) is 4.70. The van der Waals surface area contributed by atoms with Gasteiger partial charge in [0.1, 0.15) is 0 Å². The highest BCUT2D eigenvalue weighted by Gasteiger charge is 2.54. The molecule has 0 bridgehead atoms. The molecule has 4 atom stereocenters. The smallest absolute Gasteiger partial charge is 0.252 e. The number of nitrogens with one attached hydrogen (secondary N) is 1. The number of amides is 1. The van der Waals surface area contributed by atoms with Crippen molar-refractivity contribution >= 4 is 16.8 Å². The molecule has 26 heavy (non-hydrogen) atoms. The second-order valence-corrected chi connectivity index (χ2v) is 7.69. The minimum atomic E-state index is -0.0242. The SMILES string of the molecule is COCC1C(NC(=O)c2cc(C)nc3cc(C)cc(C)c23)C2CCOC21. The minimum Gasteiger partial charge on any atom is -0.384 e. The van der Waals surface area contributed by atoms with E-state index in [9.17, 15) is 4.79 Å². The molecule has 5 heteroatoms. The summed E-state index contributed by atoms with van der Waals surface area (Å²) in [5, 5.41) is 4.22. The number of ether oxygens (including phenoxy) is 2. The van der Waals surface area contributed by atoms with E-state index in [1.165, 1.54) is 0 Å². The van der Waals surface area contributed by atoms with Gasteiger partial charge < -0.3 is 14.8 Å². The van der Waals surface area contributed by atoms with Crippen molar-refractivity contribution < 1.29 is 14.3 Å². The molecular formula is C21H26N2O3. The van der Waals surface area contributed by atoms with E-state index in [4.69, 9.17) is 9.47 Å². The summed E-state index contributed by atoms with van der Waals surface area (Å²) in [6, 6.07) is 6.16. The van der Waals surface area contributed by atoms with Crippen molar-refractivity contribution in [3.63, 3.8) is 0 Å². The van der Waals surface area contributed by atoms with E-state index in [0.29, 0.717) is 18.1 Å². The maximum atomic E-state index is 13.2. The standard InChI is InChI=1S/C21H26N2O3/c1-11-7-12(2)18-15(9-13(3)22-17(18)8-11)21(24)23-19-14-5-6-26-20(14)16(19)10-25-4/h7-9,14,16,19-20H,5-6,10H2,1-4H3,(H,23,24). The van der Waals surface area contributed by atoms with Crippen LogP contribution in [0.5, 0.6) is 0 Å². The van der Waals surface area contributed by atoms with Crippen molar-refractivity contribution in [3.05, 3.63) is 40.6 Å². The molecule has 0 radical (unpaired) electrons. The summed E-state index contributed by atoms with van der Waals surface area (Å²) >= 11 is 0. The van der Waals surface area contributed by atoms with Crippen LogP contribution in [-0.4, -0.2) is 43.4 Å². The third-order valence-electron chi connectivity index (χ3n) is 5.81. The molecule has 1 saturated carbocycles. The predicted octanol–water partition coefficient (Wildman–Crippen LogP) is 2.94. The molecule has 1 aromatic carbocycles. The van der Waals surface area contributed by atoms with E-state index in [1.54, 1.807) is 7.11 Å². The van der Waals surface area contributed by atoms with E-state index in [2.05, 4.69) is 23.3 Å². The molecule has 2 aromatic rings. The molecule has 1 aliphatic heterocycles. The van der Waals surface area contributed by atoms with E-state index in [-0.39, 0.29) is 24.0 Å². The van der Waals surface area contributed by atoms with E-state index >= 15 is 0 Å². The zero-order valence-corrected chi connectivity index (χ0v) is 15.8. The summed E-state index contributed by atoms with van der Waals surface area (Å²) < 4.78 is 11.2. The molecule has 2 heterocycles. The Morgan fingerprint density at radius 1 is 1.31 bits per heavy atom. The fraction of sp³-hybridized carbons (Fsp3) is 0.524. The Bertz CT molecular complexity index is 859. The molecule has 4 unspecified atom stereocenters. The summed E-state index contributed by atoms with van der Waals surface area (Å²) in [6.07, 6.45) is 1.23. The van der Waals surface area contributed by atoms with Crippen LogP contribution in [0.2, 0.25) is 0 Å². The van der Waals surface area contributed by atoms with Crippen molar-refractivity contribution in [2.45, 2.75) is 39.3 Å². The van der Waals surface area contributed by atoms with Crippen LogP contribution >= 0.6 is 0 Å². The van der Waals surface area contributed by atoms with Crippen LogP contribution in [0.25, 0.3) is 10.9 Å². The Labute approximate surface area is 154 Å². The zero-order chi connectivity index (χ0) is 18.4. The number of fused-ring (bicyclic) bond motifs is 2. The van der Waals surface area contributed by atoms with Gasteiger partial charge in [-0.05, 0) is 50.5 Å². The Balaban J connectivity index is 1.66. The number of pyridine rings is 1. The number of benzene rings is 1. The average Bonchev–Trinajstić information content (AvgIpc) is 3.00. The van der Waals surface area contributed by atoms with Crippen molar-refractivity contribution in [2.24, 2.45) is 11.8 Å². The van der Waals surface area contributed by atoms with Crippen LogP contribution in [0.4, 0.5) is 0 Å². The largest absolute Gasteiger partial charge is 0.384 e. The Kier molecular flexibility index (Phi) is 4.45. The van der Waals surface area contributed by atoms with Gasteiger partial charge in [0.2, 0.25) is 0 Å². The number of hydrogen-bond acceptors (Lipinski definition) is 4. The molecule has 1 N–H and O–H groups in total. The maximum absolute atomic E-state index is 13.2. The molecule has 0 spiro atoms. The van der Waals surface area contributed by atoms with Gasteiger partial charge in [0.25, 0.3) is 5.91 Å². The lowest BCUT2D eigenvalue weighted by atomic mass is 9.67. The first-order valence-electron chi connectivity index (χ1n) is 9.29. The molecule has 1 aromatic heterocycles. The highest BCUT2D eigenvalue weighted by molar-refractivity contribution is 6.07. The first-order valence-corrected chi connectivity index (χ1v) is 9.29. The van der Waals surface area contributed by atoms with Gasteiger partial charge in [-0.1, -0.05) is 6.07 Å². The van der Waals surface area contributed by atoms with Gasteiger partial charge in [0, 0.05) is 42.7 Å². The van der Waals surface area contributed by atoms with Crippen molar-refractivity contribution in [3.8, 4) is 0 Å². The number of carbonyl (C=O) groups is 1. The van der Waals surface area contributed by atoms with Gasteiger partial charge in [-0.2, -0.15) is 0 Å². The van der Waals surface area contributed by atoms with E-state index in [1.807, 2.05) is 26.0 Å². The molecule has 1 amide bonds. The van der Waals surface area contributed by atoms with Gasteiger partial charge in [-0.25, -0.2) is 0 Å². The lowest BCUT2D eigenvalue weighted by Crippen LogP contribution is -2.62. The van der Waals surface area contributed by atoms with Crippen molar-refractivity contribution in [1.29, 1.82) is 0 Å². The monoisotopic (exact) mass is 354 g/mol. The number of carbonyl (C=O) groups excluding carboxylic acids is 1.